The van der Waals surface area contributed by atoms with Crippen molar-refractivity contribution in [2.75, 3.05) is 30.5 Å². The minimum Gasteiger partial charge on any atom is -0.484 e. The van der Waals surface area contributed by atoms with Gasteiger partial charge in [0.1, 0.15) is 17.4 Å². The number of nitrogens with zero attached hydrogens (tertiary/aromatic N) is 3. The maximum Gasteiger partial charge on any atom is 0.266 e. The van der Waals surface area contributed by atoms with Crippen LogP contribution < -0.4 is 14.5 Å². The molecule has 0 bridgehead atoms. The molecule has 144 valence electrons. The lowest BCUT2D eigenvalue weighted by atomic mass is 10.2. The van der Waals surface area contributed by atoms with E-state index >= 15 is 0 Å². The topological polar surface area (TPSA) is 45.7 Å². The van der Waals surface area contributed by atoms with E-state index < -0.39 is 0 Å². The third-order valence-corrected chi connectivity index (χ3v) is 4.20. The lowest BCUT2D eigenvalue weighted by Crippen LogP contribution is -2.35. The summed E-state index contributed by atoms with van der Waals surface area (Å²) in [5, 5.41) is 0. The molecule has 1 heterocycles. The van der Waals surface area contributed by atoms with E-state index in [1.54, 1.807) is 23.2 Å². The smallest absolute Gasteiger partial charge is 0.266 e. The molecule has 0 fully saturated rings. The molecule has 0 N–H and O–H groups in total. The Morgan fingerprint density at radius 3 is 2.32 bits per heavy atom. The lowest BCUT2D eigenvalue weighted by Gasteiger charge is -2.22. The summed E-state index contributed by atoms with van der Waals surface area (Å²) in [7, 11) is 3.96. The largest absolute Gasteiger partial charge is 0.484 e. The molecule has 0 radical (unpaired) electrons. The van der Waals surface area contributed by atoms with E-state index in [-0.39, 0.29) is 18.3 Å². The van der Waals surface area contributed by atoms with Gasteiger partial charge in [0.05, 0.1) is 6.54 Å². The average molecular weight is 379 g/mol. The van der Waals surface area contributed by atoms with Crippen molar-refractivity contribution >= 4 is 17.4 Å². The SMILES string of the molecule is CN(C)c1ccc(CN(C(=O)COc2ccc(F)cc2)c2ccccn2)cc1. The fourth-order valence-corrected chi connectivity index (χ4v) is 2.65. The van der Waals surface area contributed by atoms with Crippen molar-refractivity contribution in [3.63, 3.8) is 0 Å². The molecular formula is C22H22FN3O2. The van der Waals surface area contributed by atoms with Crippen molar-refractivity contribution in [1.29, 1.82) is 0 Å². The fraction of sp³-hybridized carbons (Fsp3) is 0.182. The highest BCUT2D eigenvalue weighted by atomic mass is 19.1. The number of amides is 1. The van der Waals surface area contributed by atoms with Gasteiger partial charge in [0.2, 0.25) is 0 Å². The van der Waals surface area contributed by atoms with E-state index in [2.05, 4.69) is 4.98 Å². The monoisotopic (exact) mass is 379 g/mol. The Kier molecular flexibility index (Phi) is 6.22. The Bertz CT molecular complexity index is 897. The highest BCUT2D eigenvalue weighted by molar-refractivity contribution is 5.93. The summed E-state index contributed by atoms with van der Waals surface area (Å²) in [5.41, 5.74) is 2.06. The summed E-state index contributed by atoms with van der Waals surface area (Å²) in [6, 6.07) is 19.0. The predicted octanol–water partition coefficient (Wildman–Crippen LogP) is 3.90. The third kappa shape index (κ3) is 5.07. The third-order valence-electron chi connectivity index (χ3n) is 4.20. The Hall–Kier alpha value is -3.41. The van der Waals surface area contributed by atoms with Crippen molar-refractivity contribution in [2.45, 2.75) is 6.54 Å². The number of pyridine rings is 1. The normalized spacial score (nSPS) is 10.4. The van der Waals surface area contributed by atoms with Gasteiger partial charge in [-0.25, -0.2) is 9.37 Å². The Balaban J connectivity index is 1.74. The van der Waals surface area contributed by atoms with Gasteiger partial charge in [-0.15, -0.1) is 0 Å². The van der Waals surface area contributed by atoms with Gasteiger partial charge in [0.25, 0.3) is 5.91 Å². The summed E-state index contributed by atoms with van der Waals surface area (Å²) < 4.78 is 18.5. The minimum absolute atomic E-state index is 0.169. The van der Waals surface area contributed by atoms with Gasteiger partial charge in [-0.1, -0.05) is 18.2 Å². The molecule has 0 unspecified atom stereocenters. The predicted molar refractivity (Wildman–Crippen MR) is 108 cm³/mol. The van der Waals surface area contributed by atoms with E-state index in [1.807, 2.05) is 49.3 Å². The van der Waals surface area contributed by atoms with Gasteiger partial charge < -0.3 is 9.64 Å². The molecule has 0 saturated carbocycles. The van der Waals surface area contributed by atoms with Crippen LogP contribution in [0.4, 0.5) is 15.9 Å². The number of rotatable bonds is 7. The van der Waals surface area contributed by atoms with Crippen molar-refractivity contribution < 1.29 is 13.9 Å². The van der Waals surface area contributed by atoms with E-state index in [9.17, 15) is 9.18 Å². The van der Waals surface area contributed by atoms with Gasteiger partial charge in [-0.3, -0.25) is 9.69 Å². The average Bonchev–Trinajstić information content (AvgIpc) is 2.72. The summed E-state index contributed by atoms with van der Waals surface area (Å²) >= 11 is 0. The van der Waals surface area contributed by atoms with Crippen molar-refractivity contribution in [1.82, 2.24) is 4.98 Å². The Labute approximate surface area is 164 Å². The number of aromatic nitrogens is 1. The molecule has 0 atom stereocenters. The van der Waals surface area contributed by atoms with Gasteiger partial charge in [0.15, 0.2) is 6.61 Å². The van der Waals surface area contributed by atoms with E-state index in [0.717, 1.165) is 11.3 Å². The van der Waals surface area contributed by atoms with Gasteiger partial charge >= 0.3 is 0 Å². The van der Waals surface area contributed by atoms with Gasteiger partial charge in [-0.2, -0.15) is 0 Å². The first-order chi connectivity index (χ1) is 13.5. The highest BCUT2D eigenvalue weighted by Gasteiger charge is 2.18. The zero-order valence-electron chi connectivity index (χ0n) is 15.9. The van der Waals surface area contributed by atoms with E-state index in [4.69, 9.17) is 4.74 Å². The summed E-state index contributed by atoms with van der Waals surface area (Å²) in [6.07, 6.45) is 1.64. The summed E-state index contributed by atoms with van der Waals surface area (Å²) in [5.74, 6) is 0.396. The zero-order valence-corrected chi connectivity index (χ0v) is 15.9. The van der Waals surface area contributed by atoms with E-state index in [0.29, 0.717) is 18.1 Å². The summed E-state index contributed by atoms with van der Waals surface area (Å²) in [4.78, 5) is 20.7. The van der Waals surface area contributed by atoms with Crippen LogP contribution in [-0.4, -0.2) is 31.6 Å². The molecule has 1 aromatic heterocycles. The quantitative estimate of drug-likeness (QED) is 0.625. The van der Waals surface area contributed by atoms with Crippen LogP contribution in [0.5, 0.6) is 5.75 Å². The molecule has 3 aromatic rings. The second-order valence-electron chi connectivity index (χ2n) is 6.47. The number of benzene rings is 2. The number of anilines is 2. The molecule has 0 spiro atoms. The molecule has 3 rings (SSSR count). The van der Waals surface area contributed by atoms with Crippen molar-refractivity contribution in [3.8, 4) is 5.75 Å². The lowest BCUT2D eigenvalue weighted by molar-refractivity contribution is -0.120. The van der Waals surface area contributed by atoms with Crippen LogP contribution in [-0.2, 0) is 11.3 Å². The maximum atomic E-state index is 13.0. The molecule has 1 amide bonds. The molecule has 0 aliphatic carbocycles. The number of carbonyl (C=O) groups is 1. The number of carbonyl (C=O) groups excluding carboxylic acids is 1. The molecule has 0 saturated heterocycles. The number of hydrogen-bond acceptors (Lipinski definition) is 4. The van der Waals surface area contributed by atoms with Crippen LogP contribution in [0.2, 0.25) is 0 Å². The van der Waals surface area contributed by atoms with Crippen LogP contribution in [0.25, 0.3) is 0 Å². The zero-order chi connectivity index (χ0) is 19.9. The van der Waals surface area contributed by atoms with Crippen LogP contribution in [0.15, 0.2) is 72.9 Å². The summed E-state index contributed by atoms with van der Waals surface area (Å²) in [6.45, 7) is 0.203. The molecule has 6 heteroatoms. The molecule has 0 aliphatic heterocycles. The Morgan fingerprint density at radius 1 is 1.00 bits per heavy atom. The first-order valence-corrected chi connectivity index (χ1v) is 8.89. The van der Waals surface area contributed by atoms with E-state index in [1.165, 1.54) is 24.3 Å². The fourth-order valence-electron chi connectivity index (χ4n) is 2.65. The molecule has 0 aliphatic rings. The van der Waals surface area contributed by atoms with Crippen LogP contribution in [0.3, 0.4) is 0 Å². The second-order valence-corrected chi connectivity index (χ2v) is 6.47. The molecule has 28 heavy (non-hydrogen) atoms. The van der Waals surface area contributed by atoms with Crippen LogP contribution >= 0.6 is 0 Å². The van der Waals surface area contributed by atoms with Gasteiger partial charge in [-0.05, 0) is 54.1 Å². The van der Waals surface area contributed by atoms with Crippen LogP contribution in [0, 0.1) is 5.82 Å². The number of ether oxygens (including phenoxy) is 1. The minimum atomic E-state index is -0.352. The highest BCUT2D eigenvalue weighted by Crippen LogP contribution is 2.18. The molecule has 5 nitrogen and oxygen atoms in total. The Morgan fingerprint density at radius 2 is 1.71 bits per heavy atom. The first kappa shape index (κ1) is 19.4. The van der Waals surface area contributed by atoms with Gasteiger partial charge in [0, 0.05) is 26.0 Å². The van der Waals surface area contributed by atoms with Crippen molar-refractivity contribution in [2.24, 2.45) is 0 Å². The second kappa shape index (κ2) is 8.99. The van der Waals surface area contributed by atoms with Crippen molar-refractivity contribution in [3.05, 3.63) is 84.3 Å². The standard InChI is InChI=1S/C22H22FN3O2/c1-25(2)19-10-6-17(7-11-19)15-26(21-5-3-4-14-24-21)22(27)16-28-20-12-8-18(23)9-13-20/h3-14H,15-16H2,1-2H3. The first-order valence-electron chi connectivity index (χ1n) is 8.89. The molecule has 2 aromatic carbocycles. The number of hydrogen-bond donors (Lipinski definition) is 0. The maximum absolute atomic E-state index is 13.0. The molecular weight excluding hydrogens is 357 g/mol. The van der Waals surface area contributed by atoms with Crippen LogP contribution in [0.1, 0.15) is 5.56 Å². The number of halogens is 1.